The lowest BCUT2D eigenvalue weighted by Gasteiger charge is -2.21. The fourth-order valence-electron chi connectivity index (χ4n) is 3.35. The predicted octanol–water partition coefficient (Wildman–Crippen LogP) is 3.65. The summed E-state index contributed by atoms with van der Waals surface area (Å²) < 4.78 is 7.15. The second-order valence-corrected chi connectivity index (χ2v) is 6.59. The molecule has 0 spiro atoms. The highest BCUT2D eigenvalue weighted by molar-refractivity contribution is 5.66. The van der Waals surface area contributed by atoms with Gasteiger partial charge in [-0.1, -0.05) is 13.0 Å². The van der Waals surface area contributed by atoms with Gasteiger partial charge in [0.05, 0.1) is 5.69 Å². The number of carbonyl (C=O) groups is 1. The molecule has 1 atom stereocenters. The van der Waals surface area contributed by atoms with E-state index < -0.39 is 0 Å². The monoisotopic (exact) mass is 343 g/mol. The van der Waals surface area contributed by atoms with Crippen molar-refractivity contribution < 1.29 is 9.53 Å². The van der Waals surface area contributed by atoms with Crippen molar-refractivity contribution in [3.05, 3.63) is 51.8 Å². The molecule has 1 heterocycles. The first-order valence-electron chi connectivity index (χ1n) is 8.78. The Labute approximate surface area is 150 Å². The van der Waals surface area contributed by atoms with E-state index in [4.69, 9.17) is 4.74 Å². The molecule has 0 saturated heterocycles. The number of esters is 1. The third-order valence-corrected chi connectivity index (χ3v) is 4.86. The minimum absolute atomic E-state index is 0.249. The normalized spacial score (nSPS) is 12.2. The highest BCUT2D eigenvalue weighted by atomic mass is 16.5. The van der Waals surface area contributed by atoms with Crippen molar-refractivity contribution in [2.24, 2.45) is 7.05 Å². The van der Waals surface area contributed by atoms with Crippen molar-refractivity contribution in [1.29, 1.82) is 0 Å². The van der Waals surface area contributed by atoms with Gasteiger partial charge in [-0.05, 0) is 61.1 Å². The molecule has 0 aliphatic heterocycles. The van der Waals surface area contributed by atoms with Crippen LogP contribution in [0, 0.1) is 20.8 Å². The molecule has 0 fully saturated rings. The molecule has 5 nitrogen and oxygen atoms in total. The highest BCUT2D eigenvalue weighted by Gasteiger charge is 2.16. The molecule has 2 rings (SSSR count). The Kier molecular flexibility index (Phi) is 6.37. The summed E-state index contributed by atoms with van der Waals surface area (Å²) in [7, 11) is 1.97. The molecule has 2 aromatic rings. The van der Waals surface area contributed by atoms with E-state index in [2.05, 4.69) is 50.2 Å². The van der Waals surface area contributed by atoms with Crippen molar-refractivity contribution in [3.8, 4) is 0 Å². The SMILES string of the molecule is CCC(NCc1c(C)cc(C)c(COC(C)=O)c1C)c1ccnn1C. The van der Waals surface area contributed by atoms with Crippen molar-refractivity contribution in [2.45, 2.75) is 60.2 Å². The predicted molar refractivity (Wildman–Crippen MR) is 99.2 cm³/mol. The molecule has 0 saturated carbocycles. The van der Waals surface area contributed by atoms with Gasteiger partial charge >= 0.3 is 5.97 Å². The van der Waals surface area contributed by atoms with Crippen molar-refractivity contribution in [2.75, 3.05) is 0 Å². The summed E-state index contributed by atoms with van der Waals surface area (Å²) in [6.45, 7) is 11.0. The largest absolute Gasteiger partial charge is 0.461 e. The lowest BCUT2D eigenvalue weighted by molar-refractivity contribution is -0.142. The molecule has 136 valence electrons. The first-order valence-corrected chi connectivity index (χ1v) is 8.78. The van der Waals surface area contributed by atoms with Crippen LogP contribution in [-0.4, -0.2) is 15.7 Å². The third-order valence-electron chi connectivity index (χ3n) is 4.86. The molecule has 1 aromatic heterocycles. The van der Waals surface area contributed by atoms with Crippen LogP contribution >= 0.6 is 0 Å². The Morgan fingerprint density at radius 3 is 2.52 bits per heavy atom. The van der Waals surface area contributed by atoms with Crippen LogP contribution in [0.2, 0.25) is 0 Å². The van der Waals surface area contributed by atoms with Gasteiger partial charge in [-0.15, -0.1) is 0 Å². The van der Waals surface area contributed by atoms with Crippen LogP contribution in [0.3, 0.4) is 0 Å². The van der Waals surface area contributed by atoms with E-state index >= 15 is 0 Å². The quantitative estimate of drug-likeness (QED) is 0.780. The zero-order valence-electron chi connectivity index (χ0n) is 16.1. The van der Waals surface area contributed by atoms with Gasteiger partial charge in [0.15, 0.2) is 0 Å². The molecule has 0 aliphatic carbocycles. The molecule has 0 bridgehead atoms. The first kappa shape index (κ1) is 19.2. The molecule has 25 heavy (non-hydrogen) atoms. The lowest BCUT2D eigenvalue weighted by atomic mass is 9.93. The molecule has 1 aromatic carbocycles. The minimum Gasteiger partial charge on any atom is -0.461 e. The number of benzene rings is 1. The van der Waals surface area contributed by atoms with Gasteiger partial charge in [-0.25, -0.2) is 0 Å². The number of hydrogen-bond donors (Lipinski definition) is 1. The van der Waals surface area contributed by atoms with E-state index in [9.17, 15) is 4.79 Å². The number of aryl methyl sites for hydroxylation is 3. The number of nitrogens with one attached hydrogen (secondary N) is 1. The maximum atomic E-state index is 11.2. The Bertz CT molecular complexity index is 750. The molecule has 5 heteroatoms. The molecular weight excluding hydrogens is 314 g/mol. The second-order valence-electron chi connectivity index (χ2n) is 6.59. The number of nitrogens with zero attached hydrogens (tertiary/aromatic N) is 2. The fraction of sp³-hybridized carbons (Fsp3) is 0.500. The van der Waals surface area contributed by atoms with Crippen LogP contribution in [0.25, 0.3) is 0 Å². The topological polar surface area (TPSA) is 56.1 Å². The van der Waals surface area contributed by atoms with Gasteiger partial charge in [0.2, 0.25) is 0 Å². The van der Waals surface area contributed by atoms with E-state index in [1.165, 1.54) is 34.9 Å². The average molecular weight is 343 g/mol. The standard InChI is InChI=1S/C20H29N3O2/c1-7-19(20-8-9-22-23(20)6)21-11-17-13(2)10-14(3)18(15(17)4)12-25-16(5)24/h8-10,19,21H,7,11-12H2,1-6H3. The number of hydrogen-bond acceptors (Lipinski definition) is 4. The smallest absolute Gasteiger partial charge is 0.302 e. The minimum atomic E-state index is -0.249. The number of aromatic nitrogens is 2. The average Bonchev–Trinajstić information content (AvgIpc) is 2.96. The number of carbonyl (C=O) groups excluding carboxylic acids is 1. The van der Waals surface area contributed by atoms with E-state index in [1.807, 2.05) is 17.9 Å². The van der Waals surface area contributed by atoms with Crippen molar-refractivity contribution >= 4 is 5.97 Å². The number of rotatable bonds is 7. The van der Waals surface area contributed by atoms with Crippen LogP contribution in [0.15, 0.2) is 18.3 Å². The molecule has 0 radical (unpaired) electrons. The zero-order chi connectivity index (χ0) is 18.6. The summed E-state index contributed by atoms with van der Waals surface area (Å²) in [5, 5.41) is 7.92. The van der Waals surface area contributed by atoms with Gasteiger partial charge in [-0.2, -0.15) is 5.10 Å². The van der Waals surface area contributed by atoms with E-state index in [1.54, 1.807) is 0 Å². The van der Waals surface area contributed by atoms with Crippen molar-refractivity contribution in [3.63, 3.8) is 0 Å². The van der Waals surface area contributed by atoms with Crippen LogP contribution in [0.4, 0.5) is 0 Å². The zero-order valence-corrected chi connectivity index (χ0v) is 16.1. The van der Waals surface area contributed by atoms with E-state index in [0.29, 0.717) is 6.61 Å². The molecule has 1 N–H and O–H groups in total. The van der Waals surface area contributed by atoms with Gasteiger partial charge in [0, 0.05) is 32.8 Å². The van der Waals surface area contributed by atoms with E-state index in [-0.39, 0.29) is 12.0 Å². The van der Waals surface area contributed by atoms with Crippen LogP contribution in [0.1, 0.15) is 59.8 Å². The Balaban J connectivity index is 2.22. The number of ether oxygens (including phenoxy) is 1. The summed E-state index contributed by atoms with van der Waals surface area (Å²) in [5.41, 5.74) is 7.18. The molecule has 1 unspecified atom stereocenters. The summed E-state index contributed by atoms with van der Waals surface area (Å²) in [6, 6.07) is 4.49. The second kappa shape index (κ2) is 8.30. The van der Waals surface area contributed by atoms with Crippen LogP contribution in [0.5, 0.6) is 0 Å². The van der Waals surface area contributed by atoms with Crippen LogP contribution < -0.4 is 5.32 Å². The Hall–Kier alpha value is -2.14. The molecular formula is C20H29N3O2. The van der Waals surface area contributed by atoms with Gasteiger partial charge in [-0.3, -0.25) is 9.48 Å². The molecule has 0 amide bonds. The van der Waals surface area contributed by atoms with Crippen molar-refractivity contribution in [1.82, 2.24) is 15.1 Å². The summed E-state index contributed by atoms with van der Waals surface area (Å²) >= 11 is 0. The van der Waals surface area contributed by atoms with E-state index in [0.717, 1.165) is 18.5 Å². The lowest BCUT2D eigenvalue weighted by Crippen LogP contribution is -2.24. The van der Waals surface area contributed by atoms with Gasteiger partial charge in [0.1, 0.15) is 6.61 Å². The van der Waals surface area contributed by atoms with Gasteiger partial charge in [0.25, 0.3) is 0 Å². The Morgan fingerprint density at radius 2 is 1.96 bits per heavy atom. The maximum absolute atomic E-state index is 11.2. The summed E-state index contributed by atoms with van der Waals surface area (Å²) in [4.78, 5) is 11.2. The third kappa shape index (κ3) is 4.48. The summed E-state index contributed by atoms with van der Waals surface area (Å²) in [6.07, 6.45) is 2.82. The maximum Gasteiger partial charge on any atom is 0.302 e. The van der Waals surface area contributed by atoms with Crippen LogP contribution in [-0.2, 0) is 29.7 Å². The summed E-state index contributed by atoms with van der Waals surface area (Å²) in [5.74, 6) is -0.249. The highest BCUT2D eigenvalue weighted by Crippen LogP contribution is 2.24. The van der Waals surface area contributed by atoms with Gasteiger partial charge < -0.3 is 10.1 Å². The molecule has 0 aliphatic rings. The Morgan fingerprint density at radius 1 is 1.28 bits per heavy atom. The first-order chi connectivity index (χ1) is 11.8. The fourth-order valence-corrected chi connectivity index (χ4v) is 3.35.